The van der Waals surface area contributed by atoms with Crippen LogP contribution in [0.4, 0.5) is 5.69 Å². The number of hydrogen-bond donors (Lipinski definition) is 1. The summed E-state index contributed by atoms with van der Waals surface area (Å²) in [5.74, 6) is 1.02. The fraction of sp³-hybridized carbons (Fsp3) is 0.240. The molecule has 3 rings (SSSR count). The van der Waals surface area contributed by atoms with E-state index in [9.17, 15) is 13.2 Å². The summed E-state index contributed by atoms with van der Waals surface area (Å²) >= 11 is 0. The average molecular weight is 485 g/mol. The monoisotopic (exact) mass is 484 g/mol. The predicted octanol–water partition coefficient (Wildman–Crippen LogP) is 3.79. The van der Waals surface area contributed by atoms with E-state index in [4.69, 9.17) is 14.2 Å². The number of carbonyl (C=O) groups excluding carboxylic acids is 1. The van der Waals surface area contributed by atoms with Gasteiger partial charge in [0.25, 0.3) is 10.0 Å². The minimum Gasteiger partial charge on any atom is -0.497 e. The van der Waals surface area contributed by atoms with Crippen LogP contribution in [-0.4, -0.2) is 42.2 Å². The number of hydrogen-bond acceptors (Lipinski definition) is 6. The zero-order valence-corrected chi connectivity index (χ0v) is 20.3. The largest absolute Gasteiger partial charge is 0.497 e. The molecule has 9 heteroatoms. The average Bonchev–Trinajstić information content (AvgIpc) is 2.87. The number of sulfonamides is 1. The van der Waals surface area contributed by atoms with Crippen LogP contribution in [0.15, 0.2) is 77.7 Å². The third-order valence-electron chi connectivity index (χ3n) is 5.25. The maximum atomic E-state index is 13.5. The van der Waals surface area contributed by atoms with Crippen molar-refractivity contribution in [3.8, 4) is 17.2 Å². The van der Waals surface area contributed by atoms with Crippen LogP contribution in [0.1, 0.15) is 18.5 Å². The fourth-order valence-electron chi connectivity index (χ4n) is 3.53. The molecule has 0 aliphatic heterocycles. The van der Waals surface area contributed by atoms with Gasteiger partial charge in [-0.25, -0.2) is 8.42 Å². The smallest absolute Gasteiger partial charge is 0.264 e. The van der Waals surface area contributed by atoms with Crippen molar-refractivity contribution in [3.05, 3.63) is 78.4 Å². The lowest BCUT2D eigenvalue weighted by Crippen LogP contribution is -2.41. The second kappa shape index (κ2) is 10.9. The highest BCUT2D eigenvalue weighted by molar-refractivity contribution is 7.92. The predicted molar refractivity (Wildman–Crippen MR) is 130 cm³/mol. The summed E-state index contributed by atoms with van der Waals surface area (Å²) in [6.07, 6.45) is 0. The van der Waals surface area contributed by atoms with Crippen LogP contribution in [0.5, 0.6) is 17.2 Å². The van der Waals surface area contributed by atoms with E-state index in [0.717, 1.165) is 4.31 Å². The van der Waals surface area contributed by atoms with Gasteiger partial charge in [-0.1, -0.05) is 30.3 Å². The number of anilines is 1. The third kappa shape index (κ3) is 5.43. The zero-order chi connectivity index (χ0) is 24.7. The van der Waals surface area contributed by atoms with Crippen LogP contribution in [0.25, 0.3) is 0 Å². The Balaban J connectivity index is 1.94. The number of ether oxygens (including phenoxy) is 3. The Morgan fingerprint density at radius 3 is 2.18 bits per heavy atom. The molecule has 34 heavy (non-hydrogen) atoms. The fourth-order valence-corrected chi connectivity index (χ4v) is 4.98. The topological polar surface area (TPSA) is 94.2 Å². The molecular formula is C25H28N2O6S. The molecule has 0 radical (unpaired) electrons. The van der Waals surface area contributed by atoms with Gasteiger partial charge in [0.15, 0.2) is 0 Å². The number of amides is 1. The Bertz CT molecular complexity index is 1230. The van der Waals surface area contributed by atoms with E-state index < -0.39 is 28.5 Å². The van der Waals surface area contributed by atoms with Gasteiger partial charge in [0, 0.05) is 5.56 Å². The van der Waals surface area contributed by atoms with Gasteiger partial charge >= 0.3 is 0 Å². The van der Waals surface area contributed by atoms with Crippen molar-refractivity contribution in [1.82, 2.24) is 5.32 Å². The second-order valence-electron chi connectivity index (χ2n) is 7.39. The lowest BCUT2D eigenvalue weighted by molar-refractivity contribution is -0.120. The van der Waals surface area contributed by atoms with Crippen LogP contribution in [0.3, 0.4) is 0 Å². The van der Waals surface area contributed by atoms with E-state index in [-0.39, 0.29) is 10.6 Å². The van der Waals surface area contributed by atoms with Crippen molar-refractivity contribution in [1.29, 1.82) is 0 Å². The van der Waals surface area contributed by atoms with E-state index in [1.165, 1.54) is 26.4 Å². The lowest BCUT2D eigenvalue weighted by atomic mass is 10.1. The van der Waals surface area contributed by atoms with Crippen molar-refractivity contribution in [2.75, 3.05) is 32.2 Å². The molecule has 0 saturated carbocycles. The summed E-state index contributed by atoms with van der Waals surface area (Å²) in [6.45, 7) is 1.34. The summed E-state index contributed by atoms with van der Waals surface area (Å²) in [6, 6.07) is 19.4. The highest BCUT2D eigenvalue weighted by Crippen LogP contribution is 2.33. The quantitative estimate of drug-likeness (QED) is 0.471. The van der Waals surface area contributed by atoms with Gasteiger partial charge in [0.1, 0.15) is 23.8 Å². The molecule has 0 fully saturated rings. The molecule has 1 amide bonds. The van der Waals surface area contributed by atoms with Gasteiger partial charge < -0.3 is 19.5 Å². The Morgan fingerprint density at radius 1 is 0.882 bits per heavy atom. The van der Waals surface area contributed by atoms with Crippen molar-refractivity contribution in [3.63, 3.8) is 0 Å². The molecule has 1 atom stereocenters. The summed E-state index contributed by atoms with van der Waals surface area (Å²) in [4.78, 5) is 13.2. The molecule has 0 heterocycles. The molecule has 0 bridgehead atoms. The molecule has 0 aliphatic carbocycles. The van der Waals surface area contributed by atoms with Crippen molar-refractivity contribution < 1.29 is 27.4 Å². The Hall–Kier alpha value is -3.72. The molecular weight excluding hydrogens is 456 g/mol. The van der Waals surface area contributed by atoms with Gasteiger partial charge in [0.05, 0.1) is 38.0 Å². The Kier molecular flexibility index (Phi) is 8.01. The standard InChI is InChI=1S/C25H28N2O6S/c1-18(21-16-19(31-2)14-15-23(21)32-3)26-25(28)17-27(22-12-8-9-13-24(22)33-4)34(29,30)20-10-6-5-7-11-20/h5-16,18H,17H2,1-4H3,(H,26,28). The minimum absolute atomic E-state index is 0.0659. The SMILES string of the molecule is COc1ccc(OC)c(C(C)NC(=O)CN(c2ccccc2OC)S(=O)(=O)c2ccccc2)c1. The molecule has 0 aromatic heterocycles. The summed E-state index contributed by atoms with van der Waals surface area (Å²) < 4.78 is 44.2. The molecule has 8 nitrogen and oxygen atoms in total. The van der Waals surface area contributed by atoms with Gasteiger partial charge in [-0.2, -0.15) is 0 Å². The summed E-state index contributed by atoms with van der Waals surface area (Å²) in [5, 5.41) is 2.86. The van der Waals surface area contributed by atoms with Crippen molar-refractivity contribution in [2.45, 2.75) is 17.9 Å². The van der Waals surface area contributed by atoms with Gasteiger partial charge in [-0.15, -0.1) is 0 Å². The molecule has 3 aromatic rings. The summed E-state index contributed by atoms with van der Waals surface area (Å²) in [7, 11) is 0.477. The first-order chi connectivity index (χ1) is 16.3. The maximum Gasteiger partial charge on any atom is 0.264 e. The van der Waals surface area contributed by atoms with E-state index in [2.05, 4.69) is 5.32 Å². The lowest BCUT2D eigenvalue weighted by Gasteiger charge is -2.26. The number of para-hydroxylation sites is 2. The maximum absolute atomic E-state index is 13.5. The number of nitrogens with one attached hydrogen (secondary N) is 1. The van der Waals surface area contributed by atoms with Gasteiger partial charge in [-0.3, -0.25) is 9.10 Å². The van der Waals surface area contributed by atoms with E-state index in [0.29, 0.717) is 22.8 Å². The summed E-state index contributed by atoms with van der Waals surface area (Å²) in [5.41, 5.74) is 0.959. The third-order valence-corrected chi connectivity index (χ3v) is 7.03. The van der Waals surface area contributed by atoms with Gasteiger partial charge in [-0.05, 0) is 49.4 Å². The van der Waals surface area contributed by atoms with Crippen LogP contribution in [0, 0.1) is 0 Å². The first kappa shape index (κ1) is 24.9. The number of nitrogens with zero attached hydrogens (tertiary/aromatic N) is 1. The molecule has 180 valence electrons. The van der Waals surface area contributed by atoms with Crippen molar-refractivity contribution in [2.24, 2.45) is 0 Å². The number of methoxy groups -OCH3 is 3. The van der Waals surface area contributed by atoms with Crippen LogP contribution in [-0.2, 0) is 14.8 Å². The molecule has 0 aliphatic rings. The van der Waals surface area contributed by atoms with E-state index >= 15 is 0 Å². The number of benzene rings is 3. The Morgan fingerprint density at radius 2 is 1.53 bits per heavy atom. The van der Waals surface area contributed by atoms with Crippen LogP contribution >= 0.6 is 0 Å². The number of carbonyl (C=O) groups is 1. The molecule has 0 spiro atoms. The first-order valence-corrected chi connectivity index (χ1v) is 12.0. The number of rotatable bonds is 10. The highest BCUT2D eigenvalue weighted by Gasteiger charge is 2.30. The second-order valence-corrected chi connectivity index (χ2v) is 9.26. The molecule has 3 aromatic carbocycles. The van der Waals surface area contributed by atoms with Crippen molar-refractivity contribution >= 4 is 21.6 Å². The Labute approximate surface area is 200 Å². The molecule has 0 saturated heterocycles. The van der Waals surface area contributed by atoms with Gasteiger partial charge in [0.2, 0.25) is 5.91 Å². The first-order valence-electron chi connectivity index (χ1n) is 10.5. The highest BCUT2D eigenvalue weighted by atomic mass is 32.2. The minimum atomic E-state index is -4.06. The normalized spacial score (nSPS) is 11.9. The van der Waals surface area contributed by atoms with Crippen LogP contribution < -0.4 is 23.8 Å². The molecule has 1 unspecified atom stereocenters. The van der Waals surface area contributed by atoms with E-state index in [1.807, 2.05) is 0 Å². The molecule has 1 N–H and O–H groups in total. The van der Waals surface area contributed by atoms with Crippen LogP contribution in [0.2, 0.25) is 0 Å². The zero-order valence-electron chi connectivity index (χ0n) is 19.5. The van der Waals surface area contributed by atoms with E-state index in [1.54, 1.807) is 74.7 Å².